The number of nitrogens with zero attached hydrogens (tertiary/aromatic N) is 2. The molecule has 0 aliphatic carbocycles. The maximum Gasteiger partial charge on any atom is 0.331 e. The van der Waals surface area contributed by atoms with E-state index < -0.39 is 17.1 Å². The van der Waals surface area contributed by atoms with Crippen molar-refractivity contribution in [3.63, 3.8) is 0 Å². The van der Waals surface area contributed by atoms with E-state index in [4.69, 9.17) is 16.0 Å². The molecule has 0 saturated carbocycles. The summed E-state index contributed by atoms with van der Waals surface area (Å²) < 4.78 is 6.35. The number of benzene rings is 1. The molecule has 7 heteroatoms. The second kappa shape index (κ2) is 5.24. The van der Waals surface area contributed by atoms with Crippen molar-refractivity contribution >= 4 is 28.5 Å². The molecule has 0 fully saturated rings. The van der Waals surface area contributed by atoms with Gasteiger partial charge in [0.2, 0.25) is 0 Å². The molecule has 0 aliphatic heterocycles. The lowest BCUT2D eigenvalue weighted by Gasteiger charge is -2.21. The SMILES string of the molecule is CC(C)(C(=O)O)n1nc(-c2cccc(Cl)c2)c2occc2c1=O. The van der Waals surface area contributed by atoms with Gasteiger partial charge in [-0.25, -0.2) is 9.48 Å². The molecule has 1 aromatic carbocycles. The predicted molar refractivity (Wildman–Crippen MR) is 85.7 cm³/mol. The van der Waals surface area contributed by atoms with Crippen LogP contribution >= 0.6 is 11.6 Å². The number of carboxylic acids is 1. The van der Waals surface area contributed by atoms with Crippen LogP contribution < -0.4 is 5.56 Å². The zero-order valence-corrected chi connectivity index (χ0v) is 13.2. The van der Waals surface area contributed by atoms with E-state index in [9.17, 15) is 14.7 Å². The van der Waals surface area contributed by atoms with Crippen LogP contribution in [0, 0.1) is 0 Å². The lowest BCUT2D eigenvalue weighted by Crippen LogP contribution is -2.44. The number of furan rings is 1. The Labute approximate surface area is 135 Å². The second-order valence-electron chi connectivity index (χ2n) is 5.60. The van der Waals surface area contributed by atoms with Crippen LogP contribution in [0.15, 0.2) is 45.8 Å². The quantitative estimate of drug-likeness (QED) is 0.796. The zero-order valence-electron chi connectivity index (χ0n) is 12.4. The lowest BCUT2D eigenvalue weighted by molar-refractivity contribution is -0.146. The molecule has 0 unspecified atom stereocenters. The van der Waals surface area contributed by atoms with Gasteiger partial charge in [0.15, 0.2) is 11.1 Å². The molecule has 2 heterocycles. The topological polar surface area (TPSA) is 85.3 Å². The van der Waals surface area contributed by atoms with E-state index in [0.29, 0.717) is 21.9 Å². The van der Waals surface area contributed by atoms with Crippen molar-refractivity contribution in [2.75, 3.05) is 0 Å². The number of halogens is 1. The molecule has 0 atom stereocenters. The van der Waals surface area contributed by atoms with Gasteiger partial charge in [-0.15, -0.1) is 0 Å². The normalized spacial score (nSPS) is 11.8. The van der Waals surface area contributed by atoms with Crippen LogP contribution in [0.1, 0.15) is 13.8 Å². The Hall–Kier alpha value is -2.60. The molecule has 1 N–H and O–H groups in total. The summed E-state index contributed by atoms with van der Waals surface area (Å²) in [5, 5.41) is 14.4. The van der Waals surface area contributed by atoms with Crippen LogP contribution in [-0.4, -0.2) is 20.9 Å². The standard InChI is InChI=1S/C16H13ClN2O4/c1-16(2,15(21)22)19-14(20)11-6-7-23-13(11)12(18-19)9-4-3-5-10(17)8-9/h3-8H,1-2H3,(H,21,22). The third kappa shape index (κ3) is 2.41. The fourth-order valence-electron chi connectivity index (χ4n) is 2.26. The molecule has 23 heavy (non-hydrogen) atoms. The minimum absolute atomic E-state index is 0.268. The van der Waals surface area contributed by atoms with E-state index in [-0.39, 0.29) is 5.39 Å². The maximum absolute atomic E-state index is 12.5. The third-order valence-electron chi connectivity index (χ3n) is 3.65. The van der Waals surface area contributed by atoms with Gasteiger partial charge in [0.25, 0.3) is 5.56 Å². The van der Waals surface area contributed by atoms with Crippen molar-refractivity contribution in [1.82, 2.24) is 9.78 Å². The minimum atomic E-state index is -1.50. The Morgan fingerprint density at radius 3 is 2.74 bits per heavy atom. The van der Waals surface area contributed by atoms with Crippen LogP contribution in [0.2, 0.25) is 5.02 Å². The lowest BCUT2D eigenvalue weighted by atomic mass is 10.1. The van der Waals surface area contributed by atoms with E-state index in [2.05, 4.69) is 5.10 Å². The largest absolute Gasteiger partial charge is 0.479 e. The highest BCUT2D eigenvalue weighted by molar-refractivity contribution is 6.30. The number of carbonyl (C=O) groups is 1. The van der Waals surface area contributed by atoms with Crippen molar-refractivity contribution in [2.45, 2.75) is 19.4 Å². The van der Waals surface area contributed by atoms with Gasteiger partial charge in [-0.1, -0.05) is 23.7 Å². The summed E-state index contributed by atoms with van der Waals surface area (Å²) in [6.45, 7) is 2.83. The molecule has 0 amide bonds. The van der Waals surface area contributed by atoms with Gasteiger partial charge in [-0.05, 0) is 32.0 Å². The van der Waals surface area contributed by atoms with Gasteiger partial charge in [-0.3, -0.25) is 4.79 Å². The summed E-state index contributed by atoms with van der Waals surface area (Å²) in [7, 11) is 0. The number of aromatic nitrogens is 2. The Morgan fingerprint density at radius 2 is 2.09 bits per heavy atom. The highest BCUT2D eigenvalue weighted by Crippen LogP contribution is 2.28. The van der Waals surface area contributed by atoms with Gasteiger partial charge in [0.1, 0.15) is 5.69 Å². The van der Waals surface area contributed by atoms with Crippen LogP contribution in [0.25, 0.3) is 22.2 Å². The molecule has 0 bridgehead atoms. The third-order valence-corrected chi connectivity index (χ3v) is 3.89. The molecule has 0 saturated heterocycles. The number of hydrogen-bond donors (Lipinski definition) is 1. The van der Waals surface area contributed by atoms with Crippen molar-refractivity contribution in [3.8, 4) is 11.3 Å². The zero-order chi connectivity index (χ0) is 16.8. The van der Waals surface area contributed by atoms with Crippen molar-refractivity contribution in [3.05, 3.63) is 52.0 Å². The van der Waals surface area contributed by atoms with Crippen LogP contribution in [0.3, 0.4) is 0 Å². The summed E-state index contributed by atoms with van der Waals surface area (Å²) in [6, 6.07) is 8.39. The Morgan fingerprint density at radius 1 is 1.35 bits per heavy atom. The van der Waals surface area contributed by atoms with Crippen molar-refractivity contribution < 1.29 is 14.3 Å². The van der Waals surface area contributed by atoms with Crippen LogP contribution in [0.4, 0.5) is 0 Å². The predicted octanol–water partition coefficient (Wildman–Crippen LogP) is 3.13. The summed E-state index contributed by atoms with van der Waals surface area (Å²) in [5.74, 6) is -1.16. The first-order valence-corrected chi connectivity index (χ1v) is 7.20. The Kier molecular flexibility index (Phi) is 3.49. The summed E-state index contributed by atoms with van der Waals surface area (Å²) >= 11 is 6.01. The molecular weight excluding hydrogens is 320 g/mol. The first kappa shape index (κ1) is 15.3. The first-order chi connectivity index (χ1) is 10.8. The minimum Gasteiger partial charge on any atom is -0.479 e. The average Bonchev–Trinajstić information content (AvgIpc) is 2.97. The highest BCUT2D eigenvalue weighted by Gasteiger charge is 2.33. The van der Waals surface area contributed by atoms with Gasteiger partial charge in [-0.2, -0.15) is 5.10 Å². The van der Waals surface area contributed by atoms with Crippen molar-refractivity contribution in [2.24, 2.45) is 0 Å². The van der Waals surface area contributed by atoms with Crippen LogP contribution in [-0.2, 0) is 10.3 Å². The maximum atomic E-state index is 12.5. The van der Waals surface area contributed by atoms with E-state index in [0.717, 1.165) is 4.68 Å². The summed E-state index contributed by atoms with van der Waals surface area (Å²) in [4.78, 5) is 24.0. The fraction of sp³-hybridized carbons (Fsp3) is 0.188. The van der Waals surface area contributed by atoms with Gasteiger partial charge in [0, 0.05) is 10.6 Å². The molecule has 0 spiro atoms. The van der Waals surface area contributed by atoms with Gasteiger partial charge in [0.05, 0.1) is 11.6 Å². The van der Waals surface area contributed by atoms with Crippen molar-refractivity contribution in [1.29, 1.82) is 0 Å². The molecule has 3 aromatic rings. The first-order valence-electron chi connectivity index (χ1n) is 6.82. The molecule has 0 radical (unpaired) electrons. The Bertz CT molecular complexity index is 972. The smallest absolute Gasteiger partial charge is 0.331 e. The second-order valence-corrected chi connectivity index (χ2v) is 6.04. The number of rotatable bonds is 3. The van der Waals surface area contributed by atoms with E-state index in [1.807, 2.05) is 0 Å². The highest BCUT2D eigenvalue weighted by atomic mass is 35.5. The summed E-state index contributed by atoms with van der Waals surface area (Å²) in [5.41, 5.74) is -0.731. The van der Waals surface area contributed by atoms with Crippen LogP contribution in [0.5, 0.6) is 0 Å². The molecule has 6 nitrogen and oxygen atoms in total. The molecule has 118 valence electrons. The average molecular weight is 333 g/mol. The van der Waals surface area contributed by atoms with E-state index in [1.165, 1.54) is 26.2 Å². The van der Waals surface area contributed by atoms with Gasteiger partial charge < -0.3 is 9.52 Å². The molecule has 3 rings (SSSR count). The molecule has 0 aliphatic rings. The van der Waals surface area contributed by atoms with E-state index in [1.54, 1.807) is 24.3 Å². The number of fused-ring (bicyclic) bond motifs is 1. The molecular formula is C16H13ClN2O4. The summed E-state index contributed by atoms with van der Waals surface area (Å²) in [6.07, 6.45) is 1.37. The number of aliphatic carboxylic acids is 1. The molecule has 2 aromatic heterocycles. The van der Waals surface area contributed by atoms with Gasteiger partial charge >= 0.3 is 5.97 Å². The number of carboxylic acid groups (broad SMARTS) is 1. The monoisotopic (exact) mass is 332 g/mol. The number of hydrogen-bond acceptors (Lipinski definition) is 4. The fourth-order valence-corrected chi connectivity index (χ4v) is 2.45. The van der Waals surface area contributed by atoms with E-state index >= 15 is 0 Å². The Balaban J connectivity index is 2.39.